The second kappa shape index (κ2) is 10.1. The van der Waals surface area contributed by atoms with Crippen molar-refractivity contribution in [2.24, 2.45) is 11.8 Å². The summed E-state index contributed by atoms with van der Waals surface area (Å²) in [5, 5.41) is 9.53. The van der Waals surface area contributed by atoms with Crippen LogP contribution in [0.25, 0.3) is 0 Å². The molecule has 0 aliphatic carbocycles. The van der Waals surface area contributed by atoms with Crippen LogP contribution >= 0.6 is 0 Å². The van der Waals surface area contributed by atoms with Crippen LogP contribution in [0.1, 0.15) is 24.5 Å². The Bertz CT molecular complexity index is 854. The fourth-order valence-corrected chi connectivity index (χ4v) is 4.17. The van der Waals surface area contributed by atoms with E-state index in [2.05, 4.69) is 0 Å². The highest BCUT2D eigenvalue weighted by Crippen LogP contribution is 2.30. The zero-order valence-corrected chi connectivity index (χ0v) is 17.0. The van der Waals surface area contributed by atoms with Crippen LogP contribution in [-0.4, -0.2) is 47.0 Å². The highest BCUT2D eigenvalue weighted by Gasteiger charge is 2.43. The normalized spacial score (nSPS) is 19.0. The van der Waals surface area contributed by atoms with Gasteiger partial charge in [-0.1, -0.05) is 67.6 Å². The maximum atomic E-state index is 12.6. The molecule has 3 rings (SSSR count). The van der Waals surface area contributed by atoms with Gasteiger partial charge in [0.25, 0.3) is 0 Å². The lowest BCUT2D eigenvalue weighted by Gasteiger charge is -2.36. The summed E-state index contributed by atoms with van der Waals surface area (Å²) in [6.07, 6.45) is 1.19. The third-order valence-electron chi connectivity index (χ3n) is 5.83. The van der Waals surface area contributed by atoms with Crippen LogP contribution in [0.2, 0.25) is 0 Å². The molecule has 6 nitrogen and oxygen atoms in total. The molecule has 2 aromatic rings. The van der Waals surface area contributed by atoms with Crippen molar-refractivity contribution in [3.8, 4) is 0 Å². The summed E-state index contributed by atoms with van der Waals surface area (Å²) < 4.78 is 5.30. The average Bonchev–Trinajstić information content (AvgIpc) is 3.11. The van der Waals surface area contributed by atoms with Crippen LogP contribution in [0.15, 0.2) is 60.7 Å². The number of amides is 1. The number of carbonyl (C=O) groups is 3. The molecule has 3 unspecified atom stereocenters. The predicted octanol–water partition coefficient (Wildman–Crippen LogP) is 3.59. The fourth-order valence-electron chi connectivity index (χ4n) is 4.17. The summed E-state index contributed by atoms with van der Waals surface area (Å²) in [7, 11) is 0. The monoisotopic (exact) mass is 409 g/mol. The Balaban J connectivity index is 1.84. The molecule has 0 radical (unpaired) electrons. The molecule has 30 heavy (non-hydrogen) atoms. The molecule has 1 fully saturated rings. The van der Waals surface area contributed by atoms with Crippen LogP contribution in [-0.2, 0) is 27.2 Å². The lowest BCUT2D eigenvalue weighted by Crippen LogP contribution is -2.49. The van der Waals surface area contributed by atoms with Crippen molar-refractivity contribution in [1.82, 2.24) is 4.90 Å². The number of benzene rings is 2. The topological polar surface area (TPSA) is 83.9 Å². The highest BCUT2D eigenvalue weighted by molar-refractivity contribution is 5.73. The number of carboxylic acid groups (broad SMARTS) is 1. The first kappa shape index (κ1) is 21.6. The Morgan fingerprint density at radius 3 is 2.30 bits per heavy atom. The van der Waals surface area contributed by atoms with Gasteiger partial charge >= 0.3 is 12.1 Å². The van der Waals surface area contributed by atoms with Crippen molar-refractivity contribution in [2.45, 2.75) is 38.3 Å². The summed E-state index contributed by atoms with van der Waals surface area (Å²) in [4.78, 5) is 37.7. The average molecular weight is 409 g/mol. The molecule has 1 saturated heterocycles. The fraction of sp³-hybridized carbons (Fsp3) is 0.375. The van der Waals surface area contributed by atoms with Crippen molar-refractivity contribution in [1.29, 1.82) is 0 Å². The molecule has 4 atom stereocenters. The summed E-state index contributed by atoms with van der Waals surface area (Å²) in [5.41, 5.74) is 2.05. The van der Waals surface area contributed by atoms with Gasteiger partial charge in [0.15, 0.2) is 0 Å². The number of carboxylic acids is 1. The first-order chi connectivity index (χ1) is 14.5. The van der Waals surface area contributed by atoms with Gasteiger partial charge in [0, 0.05) is 12.0 Å². The Morgan fingerprint density at radius 1 is 1.13 bits per heavy atom. The van der Waals surface area contributed by atoms with Crippen molar-refractivity contribution in [2.75, 3.05) is 6.61 Å². The molecule has 1 heterocycles. The van der Waals surface area contributed by atoms with E-state index >= 15 is 0 Å². The van der Waals surface area contributed by atoms with Gasteiger partial charge < -0.3 is 14.6 Å². The number of nitrogens with zero attached hydrogens (tertiary/aromatic N) is 1. The van der Waals surface area contributed by atoms with Crippen molar-refractivity contribution >= 4 is 18.3 Å². The van der Waals surface area contributed by atoms with Gasteiger partial charge in [0.05, 0.1) is 12.5 Å². The second-order valence-electron chi connectivity index (χ2n) is 7.84. The van der Waals surface area contributed by atoms with E-state index in [0.717, 1.165) is 17.4 Å². The standard InChI is InChI=1S/C24H27NO5/c1-17(20(15-26)12-18-8-4-2-5-9-18)22(14-23(27)28)25-21(16-30-24(25)29)13-19-10-6-3-7-11-19/h2-11,15,17,20-22H,12-14,16H2,1H3,(H,27,28)/t17?,20?,21-,22?/m0/s1. The van der Waals surface area contributed by atoms with Gasteiger partial charge in [-0.25, -0.2) is 4.79 Å². The molecule has 158 valence electrons. The molecular weight excluding hydrogens is 382 g/mol. The number of hydrogen-bond donors (Lipinski definition) is 1. The van der Waals surface area contributed by atoms with E-state index in [9.17, 15) is 19.5 Å². The van der Waals surface area contributed by atoms with E-state index in [1.54, 1.807) is 4.90 Å². The van der Waals surface area contributed by atoms with Crippen molar-refractivity contribution in [3.63, 3.8) is 0 Å². The Kier molecular flexibility index (Phi) is 7.22. The molecule has 1 N–H and O–H groups in total. The largest absolute Gasteiger partial charge is 0.481 e. The SMILES string of the molecule is CC(C(C=O)Cc1ccccc1)C(CC(=O)O)N1C(=O)OC[C@@H]1Cc1ccccc1. The number of ether oxygens (including phenoxy) is 1. The van der Waals surface area contributed by atoms with Gasteiger partial charge in [-0.15, -0.1) is 0 Å². The number of hydrogen-bond acceptors (Lipinski definition) is 4. The van der Waals surface area contributed by atoms with Gasteiger partial charge in [-0.2, -0.15) is 0 Å². The van der Waals surface area contributed by atoms with E-state index in [0.29, 0.717) is 12.8 Å². The van der Waals surface area contributed by atoms with Crippen LogP contribution in [0.3, 0.4) is 0 Å². The molecule has 0 spiro atoms. The molecule has 2 aromatic carbocycles. The Labute approximate surface area is 176 Å². The van der Waals surface area contributed by atoms with Gasteiger partial charge in [0.2, 0.25) is 0 Å². The molecule has 0 bridgehead atoms. The summed E-state index contributed by atoms with van der Waals surface area (Å²) in [6.45, 7) is 2.06. The summed E-state index contributed by atoms with van der Waals surface area (Å²) in [5.74, 6) is -1.76. The van der Waals surface area contributed by atoms with Crippen LogP contribution in [0, 0.1) is 11.8 Å². The number of carbonyl (C=O) groups excluding carboxylic acids is 2. The van der Waals surface area contributed by atoms with E-state index in [1.807, 2.05) is 67.6 Å². The predicted molar refractivity (Wildman–Crippen MR) is 112 cm³/mol. The first-order valence-electron chi connectivity index (χ1n) is 10.2. The lowest BCUT2D eigenvalue weighted by molar-refractivity contribution is -0.139. The molecular formula is C24H27NO5. The molecule has 1 aliphatic rings. The van der Waals surface area contributed by atoms with Crippen molar-refractivity contribution < 1.29 is 24.2 Å². The summed E-state index contributed by atoms with van der Waals surface area (Å²) >= 11 is 0. The number of aldehydes is 1. The van der Waals surface area contributed by atoms with Gasteiger partial charge in [-0.3, -0.25) is 9.69 Å². The summed E-state index contributed by atoms with van der Waals surface area (Å²) in [6, 6.07) is 18.4. The maximum absolute atomic E-state index is 12.6. The molecule has 1 aliphatic heterocycles. The Morgan fingerprint density at radius 2 is 1.73 bits per heavy atom. The smallest absolute Gasteiger partial charge is 0.410 e. The zero-order chi connectivity index (χ0) is 21.5. The van der Waals surface area contributed by atoms with Crippen LogP contribution in [0.5, 0.6) is 0 Å². The van der Waals surface area contributed by atoms with E-state index in [4.69, 9.17) is 4.74 Å². The number of cyclic esters (lactones) is 1. The van der Waals surface area contributed by atoms with Gasteiger partial charge in [-0.05, 0) is 29.9 Å². The first-order valence-corrected chi connectivity index (χ1v) is 10.2. The van der Waals surface area contributed by atoms with Crippen LogP contribution in [0.4, 0.5) is 4.79 Å². The maximum Gasteiger partial charge on any atom is 0.410 e. The van der Waals surface area contributed by atoms with Gasteiger partial charge in [0.1, 0.15) is 12.9 Å². The van der Waals surface area contributed by atoms with Crippen LogP contribution < -0.4 is 0 Å². The molecule has 6 heteroatoms. The molecule has 0 saturated carbocycles. The quantitative estimate of drug-likeness (QED) is 0.607. The molecule has 0 aromatic heterocycles. The van der Waals surface area contributed by atoms with E-state index in [1.165, 1.54) is 0 Å². The highest BCUT2D eigenvalue weighted by atomic mass is 16.6. The number of aliphatic carboxylic acids is 1. The third kappa shape index (κ3) is 5.26. The minimum Gasteiger partial charge on any atom is -0.481 e. The van der Waals surface area contributed by atoms with E-state index < -0.39 is 24.0 Å². The number of rotatable bonds is 10. The minimum atomic E-state index is -1.01. The van der Waals surface area contributed by atoms with E-state index in [-0.39, 0.29) is 25.0 Å². The lowest BCUT2D eigenvalue weighted by atomic mass is 9.81. The second-order valence-corrected chi connectivity index (χ2v) is 7.84. The zero-order valence-electron chi connectivity index (χ0n) is 17.0. The minimum absolute atomic E-state index is 0.209. The third-order valence-corrected chi connectivity index (χ3v) is 5.83. The van der Waals surface area contributed by atoms with Crippen molar-refractivity contribution in [3.05, 3.63) is 71.8 Å². The Hall–Kier alpha value is -3.15. The molecule has 1 amide bonds.